The summed E-state index contributed by atoms with van der Waals surface area (Å²) in [6, 6.07) is 14.1. The minimum Gasteiger partial charge on any atom is -0.337 e. The first-order chi connectivity index (χ1) is 22.9. The monoisotopic (exact) mass is 714 g/mol. The fourth-order valence-corrected chi connectivity index (χ4v) is 10.8. The molecule has 6 rings (SSSR count). The Bertz CT molecular complexity index is 1820. The molecule has 0 N–H and O–H groups in total. The van der Waals surface area contributed by atoms with Crippen LogP contribution in [0.1, 0.15) is 61.3 Å². The minimum absolute atomic E-state index is 0.0500. The van der Waals surface area contributed by atoms with E-state index in [9.17, 15) is 43.9 Å². The molecule has 5 nitrogen and oxygen atoms in total. The Balaban J connectivity index is 1.50. The smallest absolute Gasteiger partial charge is 0.337 e. The van der Waals surface area contributed by atoms with E-state index < -0.39 is 55.6 Å². The molecule has 0 saturated carbocycles. The maximum Gasteiger partial charge on any atom is 0.435 e. The summed E-state index contributed by atoms with van der Waals surface area (Å²) in [6.45, 7) is 2.70. The predicted octanol–water partition coefficient (Wildman–Crippen LogP) is 7.78. The van der Waals surface area contributed by atoms with Crippen molar-refractivity contribution in [1.29, 1.82) is 0 Å². The Kier molecular flexibility index (Phi) is 8.70. The van der Waals surface area contributed by atoms with E-state index in [1.54, 1.807) is 4.90 Å². The molecule has 49 heavy (non-hydrogen) atoms. The second-order valence-corrected chi connectivity index (χ2v) is 15.3. The molecule has 2 fully saturated rings. The van der Waals surface area contributed by atoms with Gasteiger partial charge in [0.05, 0.1) is 4.90 Å². The van der Waals surface area contributed by atoms with Gasteiger partial charge in [-0.3, -0.25) is 9.69 Å². The van der Waals surface area contributed by atoms with Crippen molar-refractivity contribution in [3.63, 3.8) is 0 Å². The van der Waals surface area contributed by atoms with Gasteiger partial charge in [0.25, 0.3) is 0 Å². The van der Waals surface area contributed by atoms with Crippen LogP contribution in [0.5, 0.6) is 0 Å². The number of aryl methyl sites for hydroxylation is 1. The van der Waals surface area contributed by atoms with Crippen molar-refractivity contribution in [2.24, 2.45) is 0 Å². The van der Waals surface area contributed by atoms with Crippen molar-refractivity contribution in [3.05, 3.63) is 101 Å². The number of amides is 1. The van der Waals surface area contributed by atoms with Crippen LogP contribution in [-0.4, -0.2) is 61.1 Å². The van der Waals surface area contributed by atoms with Crippen LogP contribution < -0.4 is 0 Å². The Labute approximate surface area is 278 Å². The summed E-state index contributed by atoms with van der Waals surface area (Å²) in [6.07, 6.45) is -11.7. The molecule has 3 aromatic rings. The molecule has 2 heterocycles. The van der Waals surface area contributed by atoms with Crippen LogP contribution in [0.4, 0.5) is 35.1 Å². The highest BCUT2D eigenvalue weighted by Gasteiger charge is 2.74. The number of nitrogens with zero attached hydrogens (tertiary/aromatic N) is 2. The van der Waals surface area contributed by atoms with Crippen molar-refractivity contribution < 1.29 is 48.3 Å². The Morgan fingerprint density at radius 2 is 1.51 bits per heavy atom. The molecule has 2 aliphatic heterocycles. The number of sulfone groups is 1. The van der Waals surface area contributed by atoms with Gasteiger partial charge in [-0.15, -0.1) is 0 Å². The van der Waals surface area contributed by atoms with E-state index in [0.29, 0.717) is 44.5 Å². The molecule has 1 amide bonds. The van der Waals surface area contributed by atoms with E-state index in [0.717, 1.165) is 35.9 Å². The van der Waals surface area contributed by atoms with Crippen LogP contribution in [0.3, 0.4) is 0 Å². The summed E-state index contributed by atoms with van der Waals surface area (Å²) in [5.41, 5.74) is -7.82. The standard InChI is InChI=1S/C35H34F8N2O3S/c1-2-16-31(17-19-44(30(31)46)22-23-6-4-3-5-7-23)45-20-18-32(49(47,48)27-12-10-26(36)11-13-27)28-14-9-25(21-24(28)8-15-29(32)45)33(37,34(38,39)40)35(41,42)43/h3-7,9-14,21,29H,2,8,15-20,22H2,1H3/t29-,31+,32-/m0/s1. The lowest BCUT2D eigenvalue weighted by atomic mass is 9.76. The zero-order chi connectivity index (χ0) is 35.6. The molecule has 1 aliphatic carbocycles. The van der Waals surface area contributed by atoms with E-state index in [1.807, 2.05) is 42.2 Å². The lowest BCUT2D eigenvalue weighted by molar-refractivity contribution is -0.348. The highest BCUT2D eigenvalue weighted by molar-refractivity contribution is 7.92. The first kappa shape index (κ1) is 35.3. The maximum absolute atomic E-state index is 15.2. The molecule has 0 bridgehead atoms. The number of rotatable bonds is 8. The van der Waals surface area contributed by atoms with Gasteiger partial charge >= 0.3 is 18.0 Å². The van der Waals surface area contributed by atoms with Gasteiger partial charge in [0.15, 0.2) is 9.84 Å². The highest BCUT2D eigenvalue weighted by atomic mass is 32.2. The van der Waals surface area contributed by atoms with E-state index in [1.165, 1.54) is 0 Å². The Morgan fingerprint density at radius 3 is 2.12 bits per heavy atom. The third-order valence-corrected chi connectivity index (χ3v) is 13.1. The van der Waals surface area contributed by atoms with Gasteiger partial charge in [0.1, 0.15) is 16.1 Å². The second kappa shape index (κ2) is 12.1. The van der Waals surface area contributed by atoms with Gasteiger partial charge in [-0.25, -0.2) is 17.2 Å². The number of hydrogen-bond acceptors (Lipinski definition) is 4. The molecule has 264 valence electrons. The average molecular weight is 715 g/mol. The Morgan fingerprint density at radius 1 is 0.857 bits per heavy atom. The first-order valence-electron chi connectivity index (χ1n) is 16.0. The van der Waals surface area contributed by atoms with E-state index in [4.69, 9.17) is 0 Å². The SMILES string of the molecule is CCC[C@@]1(N2CC[C@]3(S(=O)(=O)c4ccc(F)cc4)c4ccc(C(F)(C(F)(F)F)C(F)(F)F)cc4CC[C@H]23)CCN(Cc2ccccc2)C1=O. The molecule has 0 aromatic heterocycles. The van der Waals surface area contributed by atoms with Crippen LogP contribution >= 0.6 is 0 Å². The van der Waals surface area contributed by atoms with Gasteiger partial charge in [0, 0.05) is 31.2 Å². The number of carbonyl (C=O) groups excluding carboxylic acids is 1. The largest absolute Gasteiger partial charge is 0.435 e. The fraction of sp³-hybridized carbons (Fsp3) is 0.457. The van der Waals surface area contributed by atoms with Crippen LogP contribution in [0.15, 0.2) is 77.7 Å². The van der Waals surface area contributed by atoms with Crippen molar-refractivity contribution in [3.8, 4) is 0 Å². The third-order valence-electron chi connectivity index (χ3n) is 10.6. The van der Waals surface area contributed by atoms with E-state index in [-0.39, 0.29) is 47.7 Å². The van der Waals surface area contributed by atoms with Crippen LogP contribution in [0.25, 0.3) is 0 Å². The van der Waals surface area contributed by atoms with E-state index >= 15 is 4.39 Å². The summed E-state index contributed by atoms with van der Waals surface area (Å²) < 4.78 is 139. The van der Waals surface area contributed by atoms with Crippen LogP contribution in [-0.2, 0) is 38.0 Å². The van der Waals surface area contributed by atoms with Gasteiger partial charge < -0.3 is 4.90 Å². The average Bonchev–Trinajstić information content (AvgIpc) is 3.60. The van der Waals surface area contributed by atoms with Crippen molar-refractivity contribution >= 4 is 15.7 Å². The number of benzene rings is 3. The molecule has 3 atom stereocenters. The lowest BCUT2D eigenvalue weighted by Gasteiger charge is -2.48. The Hall–Kier alpha value is -3.52. The number of hydrogen-bond donors (Lipinski definition) is 0. The molecule has 0 spiro atoms. The quantitative estimate of drug-likeness (QED) is 0.177. The van der Waals surface area contributed by atoms with Crippen LogP contribution in [0.2, 0.25) is 0 Å². The number of carbonyl (C=O) groups is 1. The van der Waals surface area contributed by atoms with Crippen molar-refractivity contribution in [2.75, 3.05) is 13.1 Å². The predicted molar refractivity (Wildman–Crippen MR) is 164 cm³/mol. The lowest BCUT2D eigenvalue weighted by Crippen LogP contribution is -2.60. The van der Waals surface area contributed by atoms with Crippen LogP contribution in [0, 0.1) is 5.82 Å². The molecular formula is C35H34F8N2O3S. The maximum atomic E-state index is 15.2. The molecule has 14 heteroatoms. The number of halogens is 8. The molecule has 0 radical (unpaired) electrons. The summed E-state index contributed by atoms with van der Waals surface area (Å²) in [5.74, 6) is -0.905. The molecule has 0 unspecified atom stereocenters. The summed E-state index contributed by atoms with van der Waals surface area (Å²) >= 11 is 0. The zero-order valence-electron chi connectivity index (χ0n) is 26.4. The highest BCUT2D eigenvalue weighted by Crippen LogP contribution is 2.58. The normalized spacial score (nSPS) is 25.0. The van der Waals surface area contributed by atoms with Gasteiger partial charge in [0.2, 0.25) is 5.91 Å². The van der Waals surface area contributed by atoms with Gasteiger partial charge in [-0.05, 0) is 73.1 Å². The fourth-order valence-electron chi connectivity index (χ4n) is 8.40. The molecule has 3 aliphatic rings. The number of alkyl halides is 7. The topological polar surface area (TPSA) is 57.7 Å². The summed E-state index contributed by atoms with van der Waals surface area (Å²) in [7, 11) is -4.55. The molecule has 3 aromatic carbocycles. The number of fused-ring (bicyclic) bond motifs is 3. The summed E-state index contributed by atoms with van der Waals surface area (Å²) in [5, 5.41) is 0. The number of likely N-dealkylation sites (tertiary alicyclic amines) is 2. The molecule has 2 saturated heterocycles. The second-order valence-electron chi connectivity index (χ2n) is 13.1. The molecular weight excluding hydrogens is 680 g/mol. The zero-order valence-corrected chi connectivity index (χ0v) is 27.2. The van der Waals surface area contributed by atoms with Gasteiger partial charge in [-0.2, -0.15) is 26.3 Å². The first-order valence-corrected chi connectivity index (χ1v) is 17.5. The minimum atomic E-state index is -6.35. The van der Waals surface area contributed by atoms with Gasteiger partial charge in [-0.1, -0.05) is 61.9 Å². The summed E-state index contributed by atoms with van der Waals surface area (Å²) in [4.78, 5) is 17.7. The van der Waals surface area contributed by atoms with Crippen molar-refractivity contribution in [2.45, 2.75) is 91.2 Å². The van der Waals surface area contributed by atoms with Crippen molar-refractivity contribution in [1.82, 2.24) is 9.80 Å². The third kappa shape index (κ3) is 5.26. The van der Waals surface area contributed by atoms with E-state index in [2.05, 4.69) is 0 Å².